The first kappa shape index (κ1) is 24.0. The van der Waals surface area contributed by atoms with Crippen molar-refractivity contribution < 1.29 is 14.3 Å². The molecule has 1 fully saturated rings. The molecule has 3 heterocycles. The molecular formula is C25H27ClN4O3S. The van der Waals surface area contributed by atoms with E-state index in [-0.39, 0.29) is 24.6 Å². The van der Waals surface area contributed by atoms with Crippen LogP contribution in [0.2, 0.25) is 5.02 Å². The van der Waals surface area contributed by atoms with E-state index in [9.17, 15) is 4.79 Å². The zero-order chi connectivity index (χ0) is 24.4. The summed E-state index contributed by atoms with van der Waals surface area (Å²) < 4.78 is 13.0. The maximum atomic E-state index is 12.5. The van der Waals surface area contributed by atoms with Crippen LogP contribution in [0.25, 0.3) is 5.69 Å². The van der Waals surface area contributed by atoms with E-state index in [1.54, 1.807) is 26.3 Å². The Labute approximate surface area is 209 Å². The molecule has 9 heteroatoms. The number of ether oxygens (including phenoxy) is 2. The zero-order valence-corrected chi connectivity index (χ0v) is 21.1. The van der Waals surface area contributed by atoms with Crippen LogP contribution in [-0.4, -0.2) is 45.8 Å². The Morgan fingerprint density at radius 1 is 1.24 bits per heavy atom. The van der Waals surface area contributed by atoms with Crippen LogP contribution < -0.4 is 10.1 Å². The molecule has 1 aromatic carbocycles. The molecule has 34 heavy (non-hydrogen) atoms. The molecule has 0 bridgehead atoms. The SMILES string of the molecule is CCOC(=O)CN1C(=S)N[C@@H](c2ccccn2)[C@@H]1c1cc(C)n(-c2cc(Cl)ccc2OC)c1C. The van der Waals surface area contributed by atoms with Gasteiger partial charge in [0.2, 0.25) is 0 Å². The number of halogens is 1. The van der Waals surface area contributed by atoms with E-state index in [2.05, 4.69) is 20.9 Å². The minimum atomic E-state index is -0.330. The summed E-state index contributed by atoms with van der Waals surface area (Å²) in [6.45, 7) is 6.21. The van der Waals surface area contributed by atoms with Crippen molar-refractivity contribution in [1.82, 2.24) is 19.8 Å². The number of hydrogen-bond donors (Lipinski definition) is 1. The molecule has 1 aliphatic rings. The number of aryl methyl sites for hydroxylation is 1. The van der Waals surface area contributed by atoms with Gasteiger partial charge in [0.05, 0.1) is 37.2 Å². The van der Waals surface area contributed by atoms with Gasteiger partial charge in [0.25, 0.3) is 0 Å². The van der Waals surface area contributed by atoms with Crippen LogP contribution in [-0.2, 0) is 9.53 Å². The number of rotatable bonds is 7. The first-order chi connectivity index (χ1) is 16.3. The second kappa shape index (κ2) is 10.0. The van der Waals surface area contributed by atoms with E-state index < -0.39 is 0 Å². The van der Waals surface area contributed by atoms with E-state index >= 15 is 0 Å². The Balaban J connectivity index is 1.85. The first-order valence-corrected chi connectivity index (χ1v) is 11.8. The molecule has 3 aromatic rings. The minimum absolute atomic E-state index is 0.0395. The lowest BCUT2D eigenvalue weighted by Gasteiger charge is -2.27. The van der Waals surface area contributed by atoms with Gasteiger partial charge < -0.3 is 24.3 Å². The summed E-state index contributed by atoms with van der Waals surface area (Å²) in [5.74, 6) is 0.381. The third kappa shape index (κ3) is 4.48. The first-order valence-electron chi connectivity index (χ1n) is 11.0. The highest BCUT2D eigenvalue weighted by Crippen LogP contribution is 2.42. The van der Waals surface area contributed by atoms with E-state index in [0.29, 0.717) is 22.5 Å². The molecule has 0 saturated carbocycles. The quantitative estimate of drug-likeness (QED) is 0.374. The van der Waals surface area contributed by atoms with Gasteiger partial charge in [-0.25, -0.2) is 0 Å². The maximum absolute atomic E-state index is 12.5. The van der Waals surface area contributed by atoms with Gasteiger partial charge in [0, 0.05) is 22.6 Å². The Hall–Kier alpha value is -3.10. The Morgan fingerprint density at radius 3 is 2.71 bits per heavy atom. The molecule has 178 valence electrons. The van der Waals surface area contributed by atoms with Crippen molar-refractivity contribution in [2.45, 2.75) is 32.9 Å². The maximum Gasteiger partial charge on any atom is 0.325 e. The van der Waals surface area contributed by atoms with E-state index in [1.165, 1.54) is 0 Å². The van der Waals surface area contributed by atoms with Gasteiger partial charge in [0.15, 0.2) is 5.11 Å². The molecule has 1 aliphatic heterocycles. The number of nitrogens with zero attached hydrogens (tertiary/aromatic N) is 3. The molecule has 0 unspecified atom stereocenters. The topological polar surface area (TPSA) is 68.6 Å². The predicted molar refractivity (Wildman–Crippen MR) is 136 cm³/mol. The molecule has 2 atom stereocenters. The molecule has 1 saturated heterocycles. The zero-order valence-electron chi connectivity index (χ0n) is 19.5. The monoisotopic (exact) mass is 498 g/mol. The Bertz CT molecular complexity index is 1210. The van der Waals surface area contributed by atoms with Crippen molar-refractivity contribution in [2.75, 3.05) is 20.3 Å². The summed E-state index contributed by atoms with van der Waals surface area (Å²) >= 11 is 12.0. The molecule has 2 aromatic heterocycles. The molecule has 0 amide bonds. The largest absolute Gasteiger partial charge is 0.495 e. The lowest BCUT2D eigenvalue weighted by Crippen LogP contribution is -2.35. The minimum Gasteiger partial charge on any atom is -0.495 e. The standard InChI is InChI=1S/C25H27ClN4O3S/c1-5-33-22(31)14-29-24(23(28-25(29)34)19-8-6-7-11-27-19)18-12-15(2)30(16(18)3)20-13-17(26)9-10-21(20)32-4/h6-13,23-24H,5,14H2,1-4H3,(H,28,34)/t23-,24-/m0/s1. The molecule has 0 spiro atoms. The molecule has 4 rings (SSSR count). The normalized spacial score (nSPS) is 17.6. The number of pyridine rings is 1. The second-order valence-electron chi connectivity index (χ2n) is 8.04. The number of benzene rings is 1. The fourth-order valence-corrected chi connectivity index (χ4v) is 5.03. The summed E-state index contributed by atoms with van der Waals surface area (Å²) in [5, 5.41) is 4.48. The lowest BCUT2D eigenvalue weighted by atomic mass is 9.97. The van der Waals surface area contributed by atoms with Crippen LogP contribution >= 0.6 is 23.8 Å². The van der Waals surface area contributed by atoms with Gasteiger partial charge in [0.1, 0.15) is 12.3 Å². The number of methoxy groups -OCH3 is 1. The summed E-state index contributed by atoms with van der Waals surface area (Å²) in [6.07, 6.45) is 1.76. The van der Waals surface area contributed by atoms with Crippen LogP contribution in [0.3, 0.4) is 0 Å². The van der Waals surface area contributed by atoms with Gasteiger partial charge in [-0.3, -0.25) is 9.78 Å². The molecule has 0 radical (unpaired) electrons. The van der Waals surface area contributed by atoms with Crippen molar-refractivity contribution in [3.8, 4) is 11.4 Å². The number of nitrogens with one attached hydrogen (secondary N) is 1. The summed E-state index contributed by atoms with van der Waals surface area (Å²) in [5.41, 5.74) is 4.69. The molecule has 0 aliphatic carbocycles. The number of esters is 1. The molecular weight excluding hydrogens is 472 g/mol. The summed E-state index contributed by atoms with van der Waals surface area (Å²) in [6, 6.07) is 12.9. The molecule has 1 N–H and O–H groups in total. The van der Waals surface area contributed by atoms with Crippen molar-refractivity contribution in [3.63, 3.8) is 0 Å². The number of aromatic nitrogens is 2. The van der Waals surface area contributed by atoms with Gasteiger partial charge in [-0.05, 0) is 75.0 Å². The number of carbonyl (C=O) groups excluding carboxylic acids is 1. The van der Waals surface area contributed by atoms with Gasteiger partial charge >= 0.3 is 5.97 Å². The third-order valence-corrected chi connectivity index (χ3v) is 6.56. The Kier molecular flexibility index (Phi) is 7.09. The smallest absolute Gasteiger partial charge is 0.325 e. The number of carbonyl (C=O) groups is 1. The van der Waals surface area contributed by atoms with Crippen LogP contribution in [0.5, 0.6) is 5.75 Å². The lowest BCUT2D eigenvalue weighted by molar-refractivity contribution is -0.143. The fourth-order valence-electron chi connectivity index (χ4n) is 4.56. The van der Waals surface area contributed by atoms with Crippen molar-refractivity contribution in [3.05, 3.63) is 76.3 Å². The van der Waals surface area contributed by atoms with Gasteiger partial charge in [-0.2, -0.15) is 0 Å². The van der Waals surface area contributed by atoms with Crippen LogP contribution in [0, 0.1) is 13.8 Å². The van der Waals surface area contributed by atoms with Gasteiger partial charge in [-0.1, -0.05) is 17.7 Å². The molecule has 7 nitrogen and oxygen atoms in total. The van der Waals surface area contributed by atoms with E-state index in [0.717, 1.165) is 28.3 Å². The summed E-state index contributed by atoms with van der Waals surface area (Å²) in [4.78, 5) is 18.9. The van der Waals surface area contributed by atoms with E-state index in [4.69, 9.17) is 33.3 Å². The van der Waals surface area contributed by atoms with Crippen molar-refractivity contribution in [2.24, 2.45) is 0 Å². The average molecular weight is 499 g/mol. The third-order valence-electron chi connectivity index (χ3n) is 5.97. The van der Waals surface area contributed by atoms with Gasteiger partial charge in [-0.15, -0.1) is 0 Å². The van der Waals surface area contributed by atoms with Crippen LogP contribution in [0.1, 0.15) is 41.7 Å². The van der Waals surface area contributed by atoms with Crippen LogP contribution in [0.4, 0.5) is 0 Å². The second-order valence-corrected chi connectivity index (χ2v) is 8.86. The summed E-state index contributed by atoms with van der Waals surface area (Å²) in [7, 11) is 1.64. The Morgan fingerprint density at radius 2 is 2.03 bits per heavy atom. The van der Waals surface area contributed by atoms with E-state index in [1.807, 2.05) is 49.1 Å². The number of hydrogen-bond acceptors (Lipinski definition) is 5. The predicted octanol–water partition coefficient (Wildman–Crippen LogP) is 4.69. The van der Waals surface area contributed by atoms with Crippen LogP contribution in [0.15, 0.2) is 48.7 Å². The highest BCUT2D eigenvalue weighted by Gasteiger charge is 2.42. The average Bonchev–Trinajstić information content (AvgIpc) is 3.29. The number of thiocarbonyl (C=S) groups is 1. The fraction of sp³-hybridized carbons (Fsp3) is 0.320. The highest BCUT2D eigenvalue weighted by atomic mass is 35.5. The van der Waals surface area contributed by atoms with Crippen molar-refractivity contribution >= 4 is 34.9 Å². The highest BCUT2D eigenvalue weighted by molar-refractivity contribution is 7.80. The van der Waals surface area contributed by atoms with Crippen molar-refractivity contribution in [1.29, 1.82) is 0 Å².